The van der Waals surface area contributed by atoms with Crippen LogP contribution in [0.1, 0.15) is 18.9 Å². The van der Waals surface area contributed by atoms with Crippen molar-refractivity contribution < 1.29 is 4.21 Å². The first-order chi connectivity index (χ1) is 7.63. The number of anilines is 1. The highest BCUT2D eigenvalue weighted by molar-refractivity contribution is 7.84. The van der Waals surface area contributed by atoms with E-state index in [9.17, 15) is 4.21 Å². The van der Waals surface area contributed by atoms with Crippen LogP contribution in [0.25, 0.3) is 0 Å². The van der Waals surface area contributed by atoms with E-state index in [1.54, 1.807) is 18.4 Å². The molecule has 1 N–H and O–H groups in total. The van der Waals surface area contributed by atoms with Gasteiger partial charge in [0.1, 0.15) is 0 Å². The van der Waals surface area contributed by atoms with Gasteiger partial charge in [0, 0.05) is 34.5 Å². The van der Waals surface area contributed by atoms with Gasteiger partial charge in [-0.15, -0.1) is 0 Å². The average molecular weight is 236 g/mol. The molecule has 0 saturated heterocycles. The van der Waals surface area contributed by atoms with Crippen LogP contribution >= 0.6 is 0 Å². The second-order valence-electron chi connectivity index (χ2n) is 3.71. The molecule has 86 valence electrons. The van der Waals surface area contributed by atoms with Crippen LogP contribution in [0.2, 0.25) is 0 Å². The lowest BCUT2D eigenvalue weighted by molar-refractivity contribution is 0.672. The van der Waals surface area contributed by atoms with Gasteiger partial charge in [-0.05, 0) is 30.7 Å². The van der Waals surface area contributed by atoms with E-state index in [4.69, 9.17) is 5.26 Å². The molecule has 0 saturated carbocycles. The fourth-order valence-corrected chi connectivity index (χ4v) is 1.70. The van der Waals surface area contributed by atoms with Crippen molar-refractivity contribution in [1.82, 2.24) is 0 Å². The average Bonchev–Trinajstić information content (AvgIpc) is 2.29. The minimum atomic E-state index is -0.756. The maximum atomic E-state index is 11.1. The molecule has 1 aromatic carbocycles. The van der Waals surface area contributed by atoms with Crippen molar-refractivity contribution >= 4 is 16.5 Å². The summed E-state index contributed by atoms with van der Waals surface area (Å²) in [5.74, 6) is 0. The maximum absolute atomic E-state index is 11.1. The molecule has 0 fully saturated rings. The van der Waals surface area contributed by atoms with E-state index in [2.05, 4.69) is 11.4 Å². The van der Waals surface area contributed by atoms with E-state index in [-0.39, 0.29) is 5.25 Å². The Kier molecular flexibility index (Phi) is 5.00. The molecule has 0 aromatic heterocycles. The highest BCUT2D eigenvalue weighted by Gasteiger charge is 2.04. The van der Waals surface area contributed by atoms with Crippen molar-refractivity contribution in [2.45, 2.75) is 18.6 Å². The van der Waals surface area contributed by atoms with E-state index < -0.39 is 10.8 Å². The summed E-state index contributed by atoms with van der Waals surface area (Å²) in [7, 11) is -0.756. The van der Waals surface area contributed by atoms with Crippen LogP contribution in [-0.2, 0) is 10.8 Å². The molecule has 2 unspecified atom stereocenters. The third-order valence-corrected chi connectivity index (χ3v) is 3.83. The van der Waals surface area contributed by atoms with Gasteiger partial charge in [0.25, 0.3) is 0 Å². The van der Waals surface area contributed by atoms with Crippen molar-refractivity contribution in [3.05, 3.63) is 29.8 Å². The first-order valence-electron chi connectivity index (χ1n) is 5.19. The van der Waals surface area contributed by atoms with E-state index in [0.29, 0.717) is 5.56 Å². The minimum Gasteiger partial charge on any atom is -0.385 e. The number of benzene rings is 1. The zero-order valence-corrected chi connectivity index (χ0v) is 10.4. The fraction of sp³-hybridized carbons (Fsp3) is 0.417. The summed E-state index contributed by atoms with van der Waals surface area (Å²) in [6.45, 7) is 2.78. The second-order valence-corrected chi connectivity index (χ2v) is 5.52. The lowest BCUT2D eigenvalue weighted by Crippen LogP contribution is -2.14. The Morgan fingerprint density at radius 1 is 1.44 bits per heavy atom. The van der Waals surface area contributed by atoms with Gasteiger partial charge in [-0.2, -0.15) is 5.26 Å². The molecule has 4 heteroatoms. The second kappa shape index (κ2) is 6.29. The lowest BCUT2D eigenvalue weighted by atomic mass is 10.2. The van der Waals surface area contributed by atoms with Gasteiger partial charge < -0.3 is 5.32 Å². The summed E-state index contributed by atoms with van der Waals surface area (Å²) in [6.07, 6.45) is 2.61. The van der Waals surface area contributed by atoms with Crippen LogP contribution in [0.4, 0.5) is 5.69 Å². The van der Waals surface area contributed by atoms with Crippen molar-refractivity contribution in [2.24, 2.45) is 0 Å². The molecule has 0 heterocycles. The Morgan fingerprint density at radius 2 is 2.06 bits per heavy atom. The Balaban J connectivity index is 2.38. The number of nitriles is 1. The van der Waals surface area contributed by atoms with E-state index in [1.165, 1.54) is 0 Å². The smallest absolute Gasteiger partial charge is 0.0991 e. The number of hydrogen-bond donors (Lipinski definition) is 1. The molecular weight excluding hydrogens is 220 g/mol. The summed E-state index contributed by atoms with van der Waals surface area (Å²) in [5.41, 5.74) is 1.65. The number of nitrogens with zero attached hydrogens (tertiary/aromatic N) is 1. The van der Waals surface area contributed by atoms with Crippen molar-refractivity contribution in [3.8, 4) is 6.07 Å². The van der Waals surface area contributed by atoms with Crippen molar-refractivity contribution in [1.29, 1.82) is 5.26 Å². The topological polar surface area (TPSA) is 52.9 Å². The van der Waals surface area contributed by atoms with Crippen LogP contribution in [0.15, 0.2) is 24.3 Å². The SMILES string of the molecule is CC(CCNc1ccc(C#N)cc1)S(C)=O. The maximum Gasteiger partial charge on any atom is 0.0991 e. The molecule has 1 rings (SSSR count). The first kappa shape index (κ1) is 12.7. The molecule has 0 radical (unpaired) electrons. The van der Waals surface area contributed by atoms with E-state index >= 15 is 0 Å². The largest absolute Gasteiger partial charge is 0.385 e. The van der Waals surface area contributed by atoms with Gasteiger partial charge in [0.05, 0.1) is 11.6 Å². The summed E-state index contributed by atoms with van der Waals surface area (Å²) in [4.78, 5) is 0. The van der Waals surface area contributed by atoms with E-state index in [1.807, 2.05) is 19.1 Å². The number of rotatable bonds is 5. The number of nitrogens with one attached hydrogen (secondary N) is 1. The van der Waals surface area contributed by atoms with Gasteiger partial charge >= 0.3 is 0 Å². The quantitative estimate of drug-likeness (QED) is 0.852. The normalized spacial score (nSPS) is 13.8. The standard InChI is InChI=1S/C12H16N2OS/c1-10(16(2)15)7-8-14-12-5-3-11(9-13)4-6-12/h3-6,10,14H,7-8H2,1-2H3. The molecule has 0 spiro atoms. The third kappa shape index (κ3) is 4.03. The Hall–Kier alpha value is -1.34. The van der Waals surface area contributed by atoms with Crippen LogP contribution in [-0.4, -0.2) is 22.3 Å². The monoisotopic (exact) mass is 236 g/mol. The fourth-order valence-electron chi connectivity index (χ4n) is 1.25. The molecule has 0 aliphatic rings. The van der Waals surface area contributed by atoms with Crippen LogP contribution < -0.4 is 5.32 Å². The molecule has 0 bridgehead atoms. The van der Waals surface area contributed by atoms with Gasteiger partial charge in [-0.25, -0.2) is 0 Å². The first-order valence-corrected chi connectivity index (χ1v) is 6.82. The molecule has 3 nitrogen and oxygen atoms in total. The summed E-state index contributed by atoms with van der Waals surface area (Å²) in [6, 6.07) is 9.40. The zero-order chi connectivity index (χ0) is 12.0. The third-order valence-electron chi connectivity index (χ3n) is 2.46. The Bertz CT molecular complexity index is 394. The predicted octanol–water partition coefficient (Wildman–Crippen LogP) is 2.13. The molecule has 0 aliphatic carbocycles. The summed E-state index contributed by atoms with van der Waals surface area (Å²) < 4.78 is 11.1. The number of hydrogen-bond acceptors (Lipinski definition) is 3. The zero-order valence-electron chi connectivity index (χ0n) is 9.56. The minimum absolute atomic E-state index is 0.214. The summed E-state index contributed by atoms with van der Waals surface area (Å²) in [5, 5.41) is 12.1. The van der Waals surface area contributed by atoms with Crippen LogP contribution in [0.5, 0.6) is 0 Å². The molecule has 0 aliphatic heterocycles. The summed E-state index contributed by atoms with van der Waals surface area (Å²) >= 11 is 0. The predicted molar refractivity (Wildman–Crippen MR) is 67.8 cm³/mol. The van der Waals surface area contributed by atoms with Gasteiger partial charge in [0.2, 0.25) is 0 Å². The molecule has 1 aromatic rings. The van der Waals surface area contributed by atoms with Crippen molar-refractivity contribution in [3.63, 3.8) is 0 Å². The highest BCUT2D eigenvalue weighted by atomic mass is 32.2. The Labute approximate surface area is 98.9 Å². The van der Waals surface area contributed by atoms with E-state index in [0.717, 1.165) is 18.7 Å². The van der Waals surface area contributed by atoms with Gasteiger partial charge in [-0.3, -0.25) is 4.21 Å². The molecular formula is C12H16N2OS. The van der Waals surface area contributed by atoms with Gasteiger partial charge in [0.15, 0.2) is 0 Å². The van der Waals surface area contributed by atoms with Crippen LogP contribution in [0, 0.1) is 11.3 Å². The lowest BCUT2D eigenvalue weighted by Gasteiger charge is -2.10. The Morgan fingerprint density at radius 3 is 2.56 bits per heavy atom. The molecule has 0 amide bonds. The molecule has 2 atom stereocenters. The highest BCUT2D eigenvalue weighted by Crippen LogP contribution is 2.09. The van der Waals surface area contributed by atoms with Gasteiger partial charge in [-0.1, -0.05) is 6.92 Å². The van der Waals surface area contributed by atoms with Crippen LogP contribution in [0.3, 0.4) is 0 Å². The molecule has 16 heavy (non-hydrogen) atoms. The van der Waals surface area contributed by atoms with Crippen molar-refractivity contribution in [2.75, 3.05) is 18.1 Å².